The largest absolute Gasteiger partial charge is 0.478 e. The molecule has 0 spiro atoms. The zero-order valence-electron chi connectivity index (χ0n) is 11.6. The summed E-state index contributed by atoms with van der Waals surface area (Å²) >= 11 is 6.09. The van der Waals surface area contributed by atoms with Crippen molar-refractivity contribution in [1.29, 1.82) is 0 Å². The second-order valence-electron chi connectivity index (χ2n) is 4.05. The van der Waals surface area contributed by atoms with Crippen LogP contribution in [0.4, 0.5) is 8.78 Å². The van der Waals surface area contributed by atoms with Crippen molar-refractivity contribution in [3.63, 3.8) is 0 Å². The average Bonchev–Trinajstić information content (AvgIpc) is 2.46. The van der Waals surface area contributed by atoms with Crippen LogP contribution in [0.1, 0.15) is 20.7 Å². The molecule has 0 radical (unpaired) electrons. The summed E-state index contributed by atoms with van der Waals surface area (Å²) in [6.45, 7) is 0. The van der Waals surface area contributed by atoms with Crippen LogP contribution >= 0.6 is 31.9 Å². The SMILES string of the molecule is COC(=O)c1ccc(Br)cc1F.O=C(O)c1ccc(Br)cc1F. The summed E-state index contributed by atoms with van der Waals surface area (Å²) in [6.07, 6.45) is 0. The zero-order valence-corrected chi connectivity index (χ0v) is 14.8. The summed E-state index contributed by atoms with van der Waals surface area (Å²) in [4.78, 5) is 21.1. The maximum Gasteiger partial charge on any atom is 0.340 e. The molecular weight excluding hydrogens is 442 g/mol. The first-order chi connectivity index (χ1) is 10.8. The van der Waals surface area contributed by atoms with Crippen LogP contribution in [0.25, 0.3) is 0 Å². The molecule has 0 saturated heterocycles. The number of benzene rings is 2. The fourth-order valence-corrected chi connectivity index (χ4v) is 2.09. The molecule has 0 aliphatic carbocycles. The predicted molar refractivity (Wildman–Crippen MR) is 86.5 cm³/mol. The first kappa shape index (κ1) is 19.2. The lowest BCUT2D eigenvalue weighted by Gasteiger charge is -2.00. The Morgan fingerprint density at radius 1 is 0.957 bits per heavy atom. The zero-order chi connectivity index (χ0) is 17.6. The molecule has 0 saturated carbocycles. The van der Waals surface area contributed by atoms with Gasteiger partial charge in [0, 0.05) is 8.95 Å². The van der Waals surface area contributed by atoms with Crippen molar-refractivity contribution in [2.45, 2.75) is 0 Å². The molecule has 122 valence electrons. The third kappa shape index (κ3) is 5.72. The minimum Gasteiger partial charge on any atom is -0.478 e. The van der Waals surface area contributed by atoms with Gasteiger partial charge in [0.25, 0.3) is 0 Å². The van der Waals surface area contributed by atoms with Gasteiger partial charge in [-0.1, -0.05) is 31.9 Å². The molecule has 2 aromatic carbocycles. The highest BCUT2D eigenvalue weighted by atomic mass is 79.9. The lowest BCUT2D eigenvalue weighted by Crippen LogP contribution is -2.03. The van der Waals surface area contributed by atoms with Crippen LogP contribution in [0.15, 0.2) is 45.3 Å². The molecule has 23 heavy (non-hydrogen) atoms. The van der Waals surface area contributed by atoms with Gasteiger partial charge in [-0.3, -0.25) is 0 Å². The standard InChI is InChI=1S/C8H6BrFO2.C7H4BrFO2/c1-12-8(11)6-3-2-5(9)4-7(6)10;8-4-1-2-5(7(10)11)6(9)3-4/h2-4H,1H3;1-3H,(H,10,11). The number of carbonyl (C=O) groups is 2. The Kier molecular flexibility index (Phi) is 7.31. The minimum atomic E-state index is -1.25. The van der Waals surface area contributed by atoms with Gasteiger partial charge in [-0.25, -0.2) is 18.4 Å². The van der Waals surface area contributed by atoms with Crippen LogP contribution < -0.4 is 0 Å². The molecular formula is C15H10Br2F2O4. The Hall–Kier alpha value is -1.80. The third-order valence-corrected chi connectivity index (χ3v) is 3.48. The second-order valence-corrected chi connectivity index (χ2v) is 5.88. The van der Waals surface area contributed by atoms with Gasteiger partial charge in [0.2, 0.25) is 0 Å². The van der Waals surface area contributed by atoms with Gasteiger partial charge < -0.3 is 9.84 Å². The summed E-state index contributed by atoms with van der Waals surface area (Å²) in [6, 6.07) is 7.96. The summed E-state index contributed by atoms with van der Waals surface area (Å²) in [7, 11) is 1.21. The van der Waals surface area contributed by atoms with Gasteiger partial charge in [-0.05, 0) is 36.4 Å². The van der Waals surface area contributed by atoms with E-state index >= 15 is 0 Å². The highest BCUT2D eigenvalue weighted by Gasteiger charge is 2.11. The van der Waals surface area contributed by atoms with E-state index < -0.39 is 23.6 Å². The first-order valence-corrected chi connectivity index (χ1v) is 7.56. The number of esters is 1. The van der Waals surface area contributed by atoms with E-state index in [4.69, 9.17) is 5.11 Å². The van der Waals surface area contributed by atoms with Gasteiger partial charge in [-0.2, -0.15) is 0 Å². The molecule has 0 aliphatic rings. The fourth-order valence-electron chi connectivity index (χ4n) is 1.43. The van der Waals surface area contributed by atoms with Crippen molar-refractivity contribution in [2.75, 3.05) is 7.11 Å². The van der Waals surface area contributed by atoms with E-state index in [1.54, 1.807) is 6.07 Å². The second kappa shape index (κ2) is 8.73. The Labute approximate surface area is 147 Å². The van der Waals surface area contributed by atoms with Gasteiger partial charge in [-0.15, -0.1) is 0 Å². The number of rotatable bonds is 2. The van der Waals surface area contributed by atoms with E-state index in [9.17, 15) is 18.4 Å². The normalized spacial score (nSPS) is 9.61. The lowest BCUT2D eigenvalue weighted by atomic mass is 10.2. The van der Waals surface area contributed by atoms with Crippen LogP contribution in [-0.2, 0) is 4.74 Å². The van der Waals surface area contributed by atoms with Gasteiger partial charge in [0.15, 0.2) is 0 Å². The smallest absolute Gasteiger partial charge is 0.340 e. The lowest BCUT2D eigenvalue weighted by molar-refractivity contribution is 0.0594. The van der Waals surface area contributed by atoms with E-state index in [2.05, 4.69) is 36.6 Å². The molecule has 0 amide bonds. The maximum absolute atomic E-state index is 13.0. The minimum absolute atomic E-state index is 0.0549. The molecule has 0 unspecified atom stereocenters. The van der Waals surface area contributed by atoms with Gasteiger partial charge in [0.1, 0.15) is 11.6 Å². The third-order valence-electron chi connectivity index (χ3n) is 2.50. The van der Waals surface area contributed by atoms with Crippen molar-refractivity contribution in [3.05, 3.63) is 68.1 Å². The molecule has 0 heterocycles. The molecule has 0 fully saturated rings. The number of carboxylic acids is 1. The van der Waals surface area contributed by atoms with Crippen molar-refractivity contribution in [2.24, 2.45) is 0 Å². The summed E-state index contributed by atoms with van der Waals surface area (Å²) in [5.41, 5.74) is -0.367. The molecule has 0 bridgehead atoms. The van der Waals surface area contributed by atoms with Crippen molar-refractivity contribution >= 4 is 43.8 Å². The molecule has 4 nitrogen and oxygen atoms in total. The van der Waals surface area contributed by atoms with E-state index in [-0.39, 0.29) is 11.1 Å². The molecule has 0 atom stereocenters. The summed E-state index contributed by atoms with van der Waals surface area (Å²) in [5.74, 6) is -3.24. The van der Waals surface area contributed by atoms with E-state index in [1.165, 1.54) is 31.4 Å². The molecule has 2 aromatic rings. The number of carbonyl (C=O) groups excluding carboxylic acids is 1. The first-order valence-electron chi connectivity index (χ1n) is 5.98. The molecule has 0 aliphatic heterocycles. The maximum atomic E-state index is 13.0. The number of carboxylic acid groups (broad SMARTS) is 1. The van der Waals surface area contributed by atoms with Crippen molar-refractivity contribution in [1.82, 2.24) is 0 Å². The van der Waals surface area contributed by atoms with E-state index in [1.807, 2.05) is 0 Å². The highest BCUT2D eigenvalue weighted by molar-refractivity contribution is 9.10. The van der Waals surface area contributed by atoms with Gasteiger partial charge in [0.05, 0.1) is 18.2 Å². The average molecular weight is 452 g/mol. The Morgan fingerprint density at radius 3 is 1.74 bits per heavy atom. The Balaban J connectivity index is 0.000000231. The Morgan fingerprint density at radius 2 is 1.39 bits per heavy atom. The topological polar surface area (TPSA) is 63.6 Å². The summed E-state index contributed by atoms with van der Waals surface area (Å²) < 4.78 is 31.1. The van der Waals surface area contributed by atoms with Crippen LogP contribution in [0, 0.1) is 11.6 Å². The number of halogens is 4. The van der Waals surface area contributed by atoms with Crippen LogP contribution in [0.3, 0.4) is 0 Å². The van der Waals surface area contributed by atoms with Crippen molar-refractivity contribution in [3.8, 4) is 0 Å². The van der Waals surface area contributed by atoms with Crippen LogP contribution in [0.2, 0.25) is 0 Å². The highest BCUT2D eigenvalue weighted by Crippen LogP contribution is 2.16. The molecule has 2 rings (SSSR count). The predicted octanol–water partition coefficient (Wildman–Crippen LogP) is 4.66. The van der Waals surface area contributed by atoms with Gasteiger partial charge >= 0.3 is 11.9 Å². The number of hydrogen-bond donors (Lipinski definition) is 1. The monoisotopic (exact) mass is 450 g/mol. The molecule has 0 aromatic heterocycles. The quantitative estimate of drug-likeness (QED) is 0.674. The number of methoxy groups -OCH3 is 1. The number of aromatic carboxylic acids is 1. The van der Waals surface area contributed by atoms with Crippen LogP contribution in [-0.4, -0.2) is 24.2 Å². The van der Waals surface area contributed by atoms with E-state index in [0.717, 1.165) is 6.07 Å². The fraction of sp³-hybridized carbons (Fsp3) is 0.0667. The summed E-state index contributed by atoms with van der Waals surface area (Å²) in [5, 5.41) is 8.40. The molecule has 8 heteroatoms. The number of hydrogen-bond acceptors (Lipinski definition) is 3. The molecule has 1 N–H and O–H groups in total. The van der Waals surface area contributed by atoms with E-state index in [0.29, 0.717) is 8.95 Å². The van der Waals surface area contributed by atoms with Crippen molar-refractivity contribution < 1.29 is 28.2 Å². The number of ether oxygens (including phenoxy) is 1. The van der Waals surface area contributed by atoms with Crippen LogP contribution in [0.5, 0.6) is 0 Å². The Bertz CT molecular complexity index is 735.